The molecule has 6 heteroatoms. The molecule has 2 unspecified atom stereocenters. The van der Waals surface area contributed by atoms with Gasteiger partial charge in [0.05, 0.1) is 5.25 Å². The highest BCUT2D eigenvalue weighted by Gasteiger charge is 2.31. The highest BCUT2D eigenvalue weighted by atomic mass is 32.2. The van der Waals surface area contributed by atoms with Crippen molar-refractivity contribution < 1.29 is 8.42 Å². The molecule has 1 aromatic carbocycles. The number of allylic oxidation sites excluding steroid dienone is 2. The third-order valence-corrected chi connectivity index (χ3v) is 8.22. The standard InChI is InChI=1S/C23H31N3O2S/c1-16-13-17(2)23-20(10-11-25-23)21(16)15-26-12-5-4-9-22(26)18-7-6-8-19(14-18)29(27,28)24-3/h6-8,10-11,13,19,22,24-25H,4-5,9,12,14-15H2,1-3H3. The van der Waals surface area contributed by atoms with E-state index in [0.29, 0.717) is 12.5 Å². The zero-order valence-corrected chi connectivity index (χ0v) is 18.3. The lowest BCUT2D eigenvalue weighted by atomic mass is 9.89. The number of rotatable bonds is 5. The van der Waals surface area contributed by atoms with Gasteiger partial charge in [0.25, 0.3) is 0 Å². The Hall–Kier alpha value is -1.89. The first kappa shape index (κ1) is 20.4. The minimum atomic E-state index is -3.30. The van der Waals surface area contributed by atoms with Gasteiger partial charge >= 0.3 is 0 Å². The van der Waals surface area contributed by atoms with Crippen molar-refractivity contribution in [1.29, 1.82) is 0 Å². The molecule has 156 valence electrons. The maximum absolute atomic E-state index is 12.3. The zero-order chi connectivity index (χ0) is 20.6. The summed E-state index contributed by atoms with van der Waals surface area (Å²) in [5.41, 5.74) is 6.45. The highest BCUT2D eigenvalue weighted by Crippen LogP contribution is 2.33. The van der Waals surface area contributed by atoms with Gasteiger partial charge in [0.15, 0.2) is 0 Å². The number of benzene rings is 1. The lowest BCUT2D eigenvalue weighted by molar-refractivity contribution is 0.161. The van der Waals surface area contributed by atoms with Crippen LogP contribution in [0.4, 0.5) is 0 Å². The van der Waals surface area contributed by atoms with Crippen molar-refractivity contribution >= 4 is 20.9 Å². The van der Waals surface area contributed by atoms with Crippen molar-refractivity contribution in [3.63, 3.8) is 0 Å². The Morgan fingerprint density at radius 3 is 2.86 bits per heavy atom. The number of aryl methyl sites for hydroxylation is 2. The Morgan fingerprint density at radius 2 is 2.07 bits per heavy atom. The van der Waals surface area contributed by atoms with Gasteiger partial charge in [-0.3, -0.25) is 4.90 Å². The third kappa shape index (κ3) is 3.93. The van der Waals surface area contributed by atoms with Crippen molar-refractivity contribution in [2.45, 2.75) is 57.4 Å². The summed E-state index contributed by atoms with van der Waals surface area (Å²) < 4.78 is 27.2. The number of hydrogen-bond donors (Lipinski definition) is 2. The van der Waals surface area contributed by atoms with Crippen LogP contribution < -0.4 is 4.72 Å². The molecule has 2 heterocycles. The average molecular weight is 414 g/mol. The monoisotopic (exact) mass is 413 g/mol. The van der Waals surface area contributed by atoms with Crippen LogP contribution >= 0.6 is 0 Å². The fourth-order valence-electron chi connectivity index (χ4n) is 4.94. The smallest absolute Gasteiger partial charge is 0.218 e. The van der Waals surface area contributed by atoms with Gasteiger partial charge in [0, 0.05) is 29.7 Å². The molecule has 0 amide bonds. The molecule has 2 N–H and O–H groups in total. The van der Waals surface area contributed by atoms with E-state index in [1.165, 1.54) is 53.1 Å². The number of likely N-dealkylation sites (tertiary alicyclic amines) is 1. The molecular formula is C23H31N3O2S. The van der Waals surface area contributed by atoms with Gasteiger partial charge in [-0.05, 0) is 69.5 Å². The van der Waals surface area contributed by atoms with Crippen LogP contribution in [0.25, 0.3) is 10.9 Å². The second kappa shape index (κ2) is 8.09. The number of sulfonamides is 1. The van der Waals surface area contributed by atoms with Crippen LogP contribution in [0.2, 0.25) is 0 Å². The van der Waals surface area contributed by atoms with Crippen molar-refractivity contribution in [2.75, 3.05) is 13.6 Å². The van der Waals surface area contributed by atoms with E-state index in [0.717, 1.165) is 19.5 Å². The van der Waals surface area contributed by atoms with Crippen molar-refractivity contribution in [3.8, 4) is 0 Å². The maximum Gasteiger partial charge on any atom is 0.218 e. The molecule has 4 rings (SSSR count). The lowest BCUT2D eigenvalue weighted by Crippen LogP contribution is -2.42. The molecule has 1 aliphatic heterocycles. The summed E-state index contributed by atoms with van der Waals surface area (Å²) in [6, 6.07) is 4.76. The summed E-state index contributed by atoms with van der Waals surface area (Å²) in [7, 11) is -1.81. The summed E-state index contributed by atoms with van der Waals surface area (Å²) in [5, 5.41) is 0.828. The van der Waals surface area contributed by atoms with E-state index in [4.69, 9.17) is 0 Å². The average Bonchev–Trinajstić information content (AvgIpc) is 3.22. The number of nitrogens with zero attached hydrogens (tertiary/aromatic N) is 1. The first-order valence-corrected chi connectivity index (χ1v) is 12.0. The summed E-state index contributed by atoms with van der Waals surface area (Å²) in [4.78, 5) is 5.94. The Labute approximate surface area is 173 Å². The van der Waals surface area contributed by atoms with Crippen molar-refractivity contribution in [1.82, 2.24) is 14.6 Å². The van der Waals surface area contributed by atoms with Crippen LogP contribution in [0.15, 0.2) is 42.1 Å². The molecule has 5 nitrogen and oxygen atoms in total. The normalized spacial score (nSPS) is 23.5. The van der Waals surface area contributed by atoms with Crippen LogP contribution in [-0.2, 0) is 16.6 Å². The van der Waals surface area contributed by atoms with E-state index in [2.05, 4.69) is 46.7 Å². The van der Waals surface area contributed by atoms with E-state index < -0.39 is 15.3 Å². The van der Waals surface area contributed by atoms with Gasteiger partial charge in [-0.25, -0.2) is 13.1 Å². The van der Waals surface area contributed by atoms with Crippen LogP contribution in [0.3, 0.4) is 0 Å². The minimum Gasteiger partial charge on any atom is -0.361 e. The molecule has 2 aromatic rings. The van der Waals surface area contributed by atoms with Crippen LogP contribution in [0, 0.1) is 13.8 Å². The van der Waals surface area contributed by atoms with Gasteiger partial charge in [-0.1, -0.05) is 36.3 Å². The summed E-state index contributed by atoms with van der Waals surface area (Å²) >= 11 is 0. The number of hydrogen-bond acceptors (Lipinski definition) is 3. The van der Waals surface area contributed by atoms with E-state index in [9.17, 15) is 8.42 Å². The van der Waals surface area contributed by atoms with Crippen LogP contribution in [-0.4, -0.2) is 43.2 Å². The van der Waals surface area contributed by atoms with E-state index in [1.54, 1.807) is 6.08 Å². The quantitative estimate of drug-likeness (QED) is 0.780. The Bertz CT molecular complexity index is 1070. The number of fused-ring (bicyclic) bond motifs is 1. The second-order valence-corrected chi connectivity index (χ2v) is 10.5. The highest BCUT2D eigenvalue weighted by molar-refractivity contribution is 7.90. The van der Waals surface area contributed by atoms with E-state index in [1.807, 2.05) is 12.3 Å². The number of nitrogens with one attached hydrogen (secondary N) is 2. The molecule has 1 saturated heterocycles. The molecule has 0 spiro atoms. The Balaban J connectivity index is 1.62. The molecule has 29 heavy (non-hydrogen) atoms. The topological polar surface area (TPSA) is 65.2 Å². The van der Waals surface area contributed by atoms with Gasteiger partial charge in [-0.15, -0.1) is 0 Å². The summed E-state index contributed by atoms with van der Waals surface area (Å²) in [6.45, 7) is 6.30. The van der Waals surface area contributed by atoms with Crippen LogP contribution in [0.5, 0.6) is 0 Å². The molecule has 1 fully saturated rings. The molecule has 1 aromatic heterocycles. The molecule has 0 bridgehead atoms. The Kier molecular flexibility index (Phi) is 5.69. The summed E-state index contributed by atoms with van der Waals surface area (Å²) in [5.74, 6) is 0. The predicted octanol–water partition coefficient (Wildman–Crippen LogP) is 3.94. The number of H-pyrrole nitrogens is 1. The summed E-state index contributed by atoms with van der Waals surface area (Å²) in [6.07, 6.45) is 11.9. The van der Waals surface area contributed by atoms with E-state index in [-0.39, 0.29) is 0 Å². The Morgan fingerprint density at radius 1 is 1.24 bits per heavy atom. The first-order valence-electron chi connectivity index (χ1n) is 10.5. The molecular weight excluding hydrogens is 382 g/mol. The van der Waals surface area contributed by atoms with Crippen molar-refractivity contribution in [3.05, 3.63) is 58.8 Å². The minimum absolute atomic E-state index is 0.304. The lowest BCUT2D eigenvalue weighted by Gasteiger charge is -2.39. The number of piperidine rings is 1. The van der Waals surface area contributed by atoms with Gasteiger partial charge < -0.3 is 4.98 Å². The fraction of sp³-hybridized carbons (Fsp3) is 0.478. The van der Waals surface area contributed by atoms with Crippen LogP contribution in [0.1, 0.15) is 42.4 Å². The number of aromatic nitrogens is 1. The zero-order valence-electron chi connectivity index (χ0n) is 17.5. The second-order valence-electron chi connectivity index (χ2n) is 8.36. The number of aromatic amines is 1. The molecule has 2 atom stereocenters. The molecule has 0 saturated carbocycles. The fourth-order valence-corrected chi connectivity index (χ4v) is 5.95. The van der Waals surface area contributed by atoms with E-state index >= 15 is 0 Å². The predicted molar refractivity (Wildman–Crippen MR) is 119 cm³/mol. The van der Waals surface area contributed by atoms with Gasteiger partial charge in [-0.2, -0.15) is 0 Å². The SMILES string of the molecule is CNS(=O)(=O)C1C=CC=C(C2CCCCN2Cc2c(C)cc(C)c3[nH]ccc23)C1. The third-order valence-electron chi connectivity index (χ3n) is 6.53. The largest absolute Gasteiger partial charge is 0.361 e. The van der Waals surface area contributed by atoms with Gasteiger partial charge in [0.1, 0.15) is 0 Å². The molecule has 1 aliphatic carbocycles. The van der Waals surface area contributed by atoms with Crippen molar-refractivity contribution in [2.24, 2.45) is 0 Å². The molecule has 0 radical (unpaired) electrons. The molecule has 2 aliphatic rings. The van der Waals surface area contributed by atoms with Gasteiger partial charge in [0.2, 0.25) is 10.0 Å². The maximum atomic E-state index is 12.3. The first-order chi connectivity index (χ1) is 13.9.